The van der Waals surface area contributed by atoms with Crippen molar-refractivity contribution < 1.29 is 19.2 Å². The molecule has 136 valence electrons. The van der Waals surface area contributed by atoms with E-state index in [1.807, 2.05) is 0 Å². The molecule has 1 N–H and O–H groups in total. The van der Waals surface area contributed by atoms with Crippen molar-refractivity contribution in [3.05, 3.63) is 29.8 Å². The summed E-state index contributed by atoms with van der Waals surface area (Å²) in [6, 6.07) is 8.71. The van der Waals surface area contributed by atoms with E-state index in [1.165, 1.54) is 5.56 Å². The number of hydrogen-bond donors (Lipinski definition) is 1. The van der Waals surface area contributed by atoms with Crippen LogP contribution in [0.5, 0.6) is 0 Å². The van der Waals surface area contributed by atoms with Gasteiger partial charge in [-0.2, -0.15) is 0 Å². The summed E-state index contributed by atoms with van der Waals surface area (Å²) < 4.78 is 18.0. The van der Waals surface area contributed by atoms with Crippen molar-refractivity contribution in [2.75, 3.05) is 13.2 Å². The number of aliphatic hydroxyl groups excluding tert-OH is 1. The molecular weight excluding hydrogens is 315 g/mol. The normalized spacial score (nSPS) is 36.4. The first-order valence-corrected chi connectivity index (χ1v) is 9.48. The maximum atomic E-state index is 10.1. The number of fused-ring (bicyclic) bond motifs is 2. The van der Waals surface area contributed by atoms with Crippen LogP contribution in [0.3, 0.4) is 0 Å². The highest BCUT2D eigenvalue weighted by atomic mass is 16.7. The third kappa shape index (κ3) is 3.05. The van der Waals surface area contributed by atoms with E-state index in [1.54, 1.807) is 0 Å². The first kappa shape index (κ1) is 17.5. The van der Waals surface area contributed by atoms with Crippen LogP contribution in [-0.4, -0.2) is 42.7 Å². The van der Waals surface area contributed by atoms with Crippen LogP contribution >= 0.6 is 0 Å². The molecule has 2 heterocycles. The second-order valence-corrected chi connectivity index (χ2v) is 8.96. The molecular formula is C20H29BO4. The summed E-state index contributed by atoms with van der Waals surface area (Å²) >= 11 is 0. The minimum atomic E-state index is -0.315. The van der Waals surface area contributed by atoms with Crippen LogP contribution in [0, 0.1) is 11.8 Å². The first-order chi connectivity index (χ1) is 11.8. The summed E-state index contributed by atoms with van der Waals surface area (Å²) in [4.78, 5) is 0. The zero-order valence-corrected chi connectivity index (χ0v) is 15.7. The predicted octanol–water partition coefficient (Wildman–Crippen LogP) is 2.49. The quantitative estimate of drug-likeness (QED) is 0.838. The van der Waals surface area contributed by atoms with E-state index in [-0.39, 0.29) is 24.4 Å². The van der Waals surface area contributed by atoms with Gasteiger partial charge in [-0.3, -0.25) is 0 Å². The molecule has 0 aromatic heterocycles. The lowest BCUT2D eigenvalue weighted by atomic mass is 9.66. The Bertz CT molecular complexity index is 597. The van der Waals surface area contributed by atoms with Gasteiger partial charge in [-0.1, -0.05) is 24.3 Å². The number of aliphatic hydroxyl groups is 1. The molecule has 0 spiro atoms. The zero-order chi connectivity index (χ0) is 17.8. The SMILES string of the molecule is CC1(C)OB(c2ccc(C3[C@@H]4COC[C@H]3C[C@H](O)C4)cc2)OC1(C)C. The topological polar surface area (TPSA) is 47.9 Å². The average molecular weight is 344 g/mol. The molecule has 2 aliphatic heterocycles. The van der Waals surface area contributed by atoms with Gasteiger partial charge in [0.2, 0.25) is 0 Å². The maximum absolute atomic E-state index is 10.1. The molecule has 1 aliphatic carbocycles. The summed E-state index contributed by atoms with van der Waals surface area (Å²) in [6.45, 7) is 9.84. The van der Waals surface area contributed by atoms with Gasteiger partial charge >= 0.3 is 7.12 Å². The van der Waals surface area contributed by atoms with Gasteiger partial charge in [0.1, 0.15) is 0 Å². The third-order valence-corrected chi connectivity index (χ3v) is 6.68. The highest BCUT2D eigenvalue weighted by Gasteiger charge is 2.51. The van der Waals surface area contributed by atoms with Crippen LogP contribution < -0.4 is 5.46 Å². The van der Waals surface area contributed by atoms with E-state index in [9.17, 15) is 5.11 Å². The van der Waals surface area contributed by atoms with E-state index >= 15 is 0 Å². The van der Waals surface area contributed by atoms with Crippen LogP contribution in [0.25, 0.3) is 0 Å². The lowest BCUT2D eigenvalue weighted by molar-refractivity contribution is -0.0672. The highest BCUT2D eigenvalue weighted by molar-refractivity contribution is 6.62. The van der Waals surface area contributed by atoms with Crippen LogP contribution in [0.2, 0.25) is 0 Å². The van der Waals surface area contributed by atoms with E-state index in [0.717, 1.165) is 31.5 Å². The second kappa shape index (κ2) is 6.09. The minimum absolute atomic E-state index is 0.167. The molecule has 4 nitrogen and oxygen atoms in total. The fourth-order valence-electron chi connectivity index (χ4n) is 4.59. The molecule has 1 aromatic rings. The molecule has 2 bridgehead atoms. The van der Waals surface area contributed by atoms with E-state index < -0.39 is 0 Å². The molecule has 1 aromatic carbocycles. The van der Waals surface area contributed by atoms with Crippen LogP contribution in [0.15, 0.2) is 24.3 Å². The Kier molecular flexibility index (Phi) is 4.27. The fraction of sp³-hybridized carbons (Fsp3) is 0.700. The fourth-order valence-corrected chi connectivity index (χ4v) is 4.59. The van der Waals surface area contributed by atoms with Crippen LogP contribution in [-0.2, 0) is 14.0 Å². The number of ether oxygens (including phenoxy) is 1. The molecule has 2 saturated heterocycles. The van der Waals surface area contributed by atoms with E-state index in [4.69, 9.17) is 14.0 Å². The Morgan fingerprint density at radius 1 is 0.920 bits per heavy atom. The molecule has 25 heavy (non-hydrogen) atoms. The van der Waals surface area contributed by atoms with Crippen molar-refractivity contribution in [2.24, 2.45) is 11.8 Å². The molecule has 0 radical (unpaired) electrons. The third-order valence-electron chi connectivity index (χ3n) is 6.68. The van der Waals surface area contributed by atoms with Crippen LogP contribution in [0.1, 0.15) is 52.0 Å². The van der Waals surface area contributed by atoms with Gasteiger partial charge < -0.3 is 19.2 Å². The summed E-state index contributed by atoms with van der Waals surface area (Å²) in [7, 11) is -0.310. The first-order valence-electron chi connectivity index (χ1n) is 9.48. The monoisotopic (exact) mass is 344 g/mol. The van der Waals surface area contributed by atoms with Gasteiger partial charge in [-0.15, -0.1) is 0 Å². The van der Waals surface area contributed by atoms with Gasteiger partial charge in [0, 0.05) is 0 Å². The molecule has 5 heteroatoms. The van der Waals surface area contributed by atoms with Crippen molar-refractivity contribution in [3.63, 3.8) is 0 Å². The molecule has 3 fully saturated rings. The summed E-state index contributed by atoms with van der Waals surface area (Å²) in [5, 5.41) is 10.1. The Balaban J connectivity index is 1.53. The van der Waals surface area contributed by atoms with Crippen molar-refractivity contribution in [2.45, 2.75) is 63.8 Å². The number of rotatable bonds is 2. The van der Waals surface area contributed by atoms with E-state index in [2.05, 4.69) is 52.0 Å². The maximum Gasteiger partial charge on any atom is 0.494 e. The lowest BCUT2D eigenvalue weighted by Gasteiger charge is -2.44. The molecule has 3 aliphatic rings. The van der Waals surface area contributed by atoms with Gasteiger partial charge in [-0.25, -0.2) is 0 Å². The molecule has 4 atom stereocenters. The number of benzene rings is 1. The largest absolute Gasteiger partial charge is 0.494 e. The van der Waals surface area contributed by atoms with Gasteiger partial charge in [0.05, 0.1) is 30.5 Å². The Labute approximate surface area is 151 Å². The van der Waals surface area contributed by atoms with Crippen molar-refractivity contribution in [3.8, 4) is 0 Å². The predicted molar refractivity (Wildman–Crippen MR) is 97.9 cm³/mol. The van der Waals surface area contributed by atoms with E-state index in [0.29, 0.717) is 17.8 Å². The molecule has 1 unspecified atom stereocenters. The average Bonchev–Trinajstić information content (AvgIpc) is 2.75. The number of hydrogen-bond acceptors (Lipinski definition) is 4. The van der Waals surface area contributed by atoms with Gasteiger partial charge in [0.15, 0.2) is 0 Å². The summed E-state index contributed by atoms with van der Waals surface area (Å²) in [5.74, 6) is 1.33. The van der Waals surface area contributed by atoms with Crippen molar-refractivity contribution in [1.82, 2.24) is 0 Å². The minimum Gasteiger partial charge on any atom is -0.399 e. The van der Waals surface area contributed by atoms with Crippen LogP contribution in [0.4, 0.5) is 0 Å². The zero-order valence-electron chi connectivity index (χ0n) is 15.7. The molecule has 4 rings (SSSR count). The van der Waals surface area contributed by atoms with Gasteiger partial charge in [0.25, 0.3) is 0 Å². The highest BCUT2D eigenvalue weighted by Crippen LogP contribution is 2.45. The standard InChI is InChI=1S/C20H29BO4/c1-19(2)20(3,4)25-21(24-19)16-7-5-13(6-8-16)18-14-9-17(22)10-15(18)12-23-11-14/h5-8,14-15,17-18,22H,9-12H2,1-4H3/t14-,15+,17+,18?. The Morgan fingerprint density at radius 2 is 1.44 bits per heavy atom. The second-order valence-electron chi connectivity index (χ2n) is 8.96. The molecule has 1 saturated carbocycles. The smallest absolute Gasteiger partial charge is 0.399 e. The van der Waals surface area contributed by atoms with Crippen molar-refractivity contribution in [1.29, 1.82) is 0 Å². The summed E-state index contributed by atoms with van der Waals surface area (Å²) in [5.41, 5.74) is 1.79. The Hall–Kier alpha value is -0.875. The Morgan fingerprint density at radius 3 is 1.96 bits per heavy atom. The lowest BCUT2D eigenvalue weighted by Crippen LogP contribution is -2.42. The van der Waals surface area contributed by atoms with Gasteiger partial charge in [-0.05, 0) is 69.3 Å². The van der Waals surface area contributed by atoms with Crippen molar-refractivity contribution >= 4 is 12.6 Å². The molecule has 0 amide bonds. The summed E-state index contributed by atoms with van der Waals surface area (Å²) in [6.07, 6.45) is 1.53.